The molecule has 0 fully saturated rings. The number of anilines is 1. The van der Waals surface area contributed by atoms with Crippen LogP contribution in [0.25, 0.3) is 20.8 Å². The molecule has 2 aromatic carbocycles. The maximum Gasteiger partial charge on any atom is 0.124 e. The van der Waals surface area contributed by atoms with Crippen LogP contribution in [0.1, 0.15) is 12.0 Å². The molecule has 100 valence electrons. The lowest BCUT2D eigenvalue weighted by atomic mass is 9.98. The summed E-state index contributed by atoms with van der Waals surface area (Å²) in [5.41, 5.74) is 5.05. The maximum atomic E-state index is 4.80. The highest BCUT2D eigenvalue weighted by atomic mass is 79.9. The fourth-order valence-corrected chi connectivity index (χ4v) is 4.29. The van der Waals surface area contributed by atoms with Crippen LogP contribution in [0.5, 0.6) is 0 Å². The summed E-state index contributed by atoms with van der Waals surface area (Å²) in [5.74, 6) is 0. The SMILES string of the molecule is Brc1ccc2nc(-c3cccc4c3CCCN4)sc2c1. The average molecular weight is 345 g/mol. The van der Waals surface area contributed by atoms with Gasteiger partial charge < -0.3 is 5.32 Å². The van der Waals surface area contributed by atoms with Crippen molar-refractivity contribution in [1.82, 2.24) is 4.98 Å². The van der Waals surface area contributed by atoms with Crippen molar-refractivity contribution in [3.63, 3.8) is 0 Å². The molecule has 0 radical (unpaired) electrons. The number of nitrogens with zero attached hydrogens (tertiary/aromatic N) is 1. The van der Waals surface area contributed by atoms with Crippen molar-refractivity contribution in [2.75, 3.05) is 11.9 Å². The van der Waals surface area contributed by atoms with Gasteiger partial charge in [0.05, 0.1) is 10.2 Å². The second kappa shape index (κ2) is 4.86. The molecule has 0 aliphatic carbocycles. The summed E-state index contributed by atoms with van der Waals surface area (Å²) in [7, 11) is 0. The van der Waals surface area contributed by atoms with Crippen molar-refractivity contribution < 1.29 is 0 Å². The third-order valence-corrected chi connectivity index (χ3v) is 5.22. The standard InChI is InChI=1S/C16H13BrN2S/c17-10-6-7-14-15(9-10)20-16(19-14)12-3-1-5-13-11(12)4-2-8-18-13/h1,3,5-7,9,18H,2,4,8H2. The van der Waals surface area contributed by atoms with Gasteiger partial charge in [-0.3, -0.25) is 0 Å². The van der Waals surface area contributed by atoms with Crippen LogP contribution in [-0.4, -0.2) is 11.5 Å². The van der Waals surface area contributed by atoms with Gasteiger partial charge in [0.25, 0.3) is 0 Å². The molecule has 0 unspecified atom stereocenters. The molecule has 3 aromatic rings. The van der Waals surface area contributed by atoms with Crippen molar-refractivity contribution in [2.24, 2.45) is 0 Å². The quantitative estimate of drug-likeness (QED) is 0.665. The number of aromatic nitrogens is 1. The number of thiazole rings is 1. The molecule has 1 aromatic heterocycles. The van der Waals surface area contributed by atoms with E-state index in [0.717, 1.165) is 28.0 Å². The third kappa shape index (κ3) is 2.03. The number of hydrogen-bond acceptors (Lipinski definition) is 3. The van der Waals surface area contributed by atoms with Crippen LogP contribution in [0.2, 0.25) is 0 Å². The Morgan fingerprint density at radius 1 is 1.20 bits per heavy atom. The Labute approximate surface area is 130 Å². The van der Waals surface area contributed by atoms with E-state index in [1.54, 1.807) is 11.3 Å². The topological polar surface area (TPSA) is 24.9 Å². The van der Waals surface area contributed by atoms with Crippen LogP contribution in [-0.2, 0) is 6.42 Å². The summed E-state index contributed by atoms with van der Waals surface area (Å²) in [6, 6.07) is 12.8. The highest BCUT2D eigenvalue weighted by Gasteiger charge is 2.16. The van der Waals surface area contributed by atoms with Gasteiger partial charge in [0.1, 0.15) is 5.01 Å². The molecular formula is C16H13BrN2S. The monoisotopic (exact) mass is 344 g/mol. The summed E-state index contributed by atoms with van der Waals surface area (Å²) in [6.45, 7) is 1.07. The van der Waals surface area contributed by atoms with Gasteiger partial charge in [-0.1, -0.05) is 28.1 Å². The van der Waals surface area contributed by atoms with Crippen LogP contribution in [0.4, 0.5) is 5.69 Å². The lowest BCUT2D eigenvalue weighted by Gasteiger charge is -2.20. The molecule has 0 atom stereocenters. The number of benzene rings is 2. The zero-order valence-electron chi connectivity index (χ0n) is 10.8. The first-order valence-electron chi connectivity index (χ1n) is 6.73. The highest BCUT2D eigenvalue weighted by Crippen LogP contribution is 2.37. The Balaban J connectivity index is 1.90. The van der Waals surface area contributed by atoms with E-state index < -0.39 is 0 Å². The molecule has 4 heteroatoms. The largest absolute Gasteiger partial charge is 0.385 e. The molecule has 4 rings (SSSR count). The Morgan fingerprint density at radius 3 is 3.10 bits per heavy atom. The molecule has 0 saturated carbocycles. The van der Waals surface area contributed by atoms with Gasteiger partial charge in [0.15, 0.2) is 0 Å². The Bertz CT molecular complexity index is 794. The number of halogens is 1. The molecular weight excluding hydrogens is 332 g/mol. The molecule has 20 heavy (non-hydrogen) atoms. The molecule has 0 saturated heterocycles. The zero-order valence-corrected chi connectivity index (χ0v) is 13.2. The molecule has 0 spiro atoms. The van der Waals surface area contributed by atoms with E-state index in [1.807, 2.05) is 6.07 Å². The first-order valence-corrected chi connectivity index (χ1v) is 8.34. The van der Waals surface area contributed by atoms with Crippen LogP contribution in [0, 0.1) is 0 Å². The smallest absolute Gasteiger partial charge is 0.124 e. The van der Waals surface area contributed by atoms with Crippen molar-refractivity contribution in [3.8, 4) is 10.6 Å². The van der Waals surface area contributed by atoms with Crippen LogP contribution < -0.4 is 5.32 Å². The van der Waals surface area contributed by atoms with Crippen molar-refractivity contribution in [2.45, 2.75) is 12.8 Å². The zero-order chi connectivity index (χ0) is 13.5. The summed E-state index contributed by atoms with van der Waals surface area (Å²) >= 11 is 5.30. The number of rotatable bonds is 1. The summed E-state index contributed by atoms with van der Waals surface area (Å²) in [6.07, 6.45) is 2.33. The minimum Gasteiger partial charge on any atom is -0.385 e. The number of hydrogen-bond donors (Lipinski definition) is 1. The predicted molar refractivity (Wildman–Crippen MR) is 89.6 cm³/mol. The molecule has 0 bridgehead atoms. The van der Waals surface area contributed by atoms with Gasteiger partial charge >= 0.3 is 0 Å². The van der Waals surface area contributed by atoms with E-state index in [0.29, 0.717) is 0 Å². The van der Waals surface area contributed by atoms with E-state index in [-0.39, 0.29) is 0 Å². The van der Waals surface area contributed by atoms with E-state index in [2.05, 4.69) is 51.6 Å². The first-order chi connectivity index (χ1) is 9.81. The summed E-state index contributed by atoms with van der Waals surface area (Å²) in [4.78, 5) is 4.80. The van der Waals surface area contributed by atoms with Crippen molar-refractivity contribution in [3.05, 3.63) is 46.4 Å². The first kappa shape index (κ1) is 12.4. The third-order valence-electron chi connectivity index (χ3n) is 3.68. The van der Waals surface area contributed by atoms with Gasteiger partial charge in [-0.05, 0) is 42.7 Å². The fourth-order valence-electron chi connectivity index (χ4n) is 2.72. The lowest BCUT2D eigenvalue weighted by Crippen LogP contribution is -2.12. The van der Waals surface area contributed by atoms with E-state index in [9.17, 15) is 0 Å². The molecule has 1 aliphatic rings. The molecule has 0 amide bonds. The van der Waals surface area contributed by atoms with Crippen molar-refractivity contribution >= 4 is 43.2 Å². The minimum absolute atomic E-state index is 1.07. The maximum absolute atomic E-state index is 4.80. The summed E-state index contributed by atoms with van der Waals surface area (Å²) < 4.78 is 2.34. The second-order valence-electron chi connectivity index (χ2n) is 4.99. The van der Waals surface area contributed by atoms with Gasteiger partial charge in [0, 0.05) is 22.3 Å². The fraction of sp³-hybridized carbons (Fsp3) is 0.188. The van der Waals surface area contributed by atoms with Gasteiger partial charge in [-0.25, -0.2) is 4.98 Å². The highest BCUT2D eigenvalue weighted by molar-refractivity contribution is 9.10. The average Bonchev–Trinajstić information content (AvgIpc) is 2.89. The predicted octanol–water partition coefficient (Wildman–Crippen LogP) is 5.08. The molecule has 2 nitrogen and oxygen atoms in total. The Kier molecular flexibility index (Phi) is 3.00. The lowest BCUT2D eigenvalue weighted by molar-refractivity contribution is 0.832. The van der Waals surface area contributed by atoms with Gasteiger partial charge in [0.2, 0.25) is 0 Å². The van der Waals surface area contributed by atoms with Gasteiger partial charge in [-0.2, -0.15) is 0 Å². The van der Waals surface area contributed by atoms with E-state index >= 15 is 0 Å². The molecule has 1 aliphatic heterocycles. The Hall–Kier alpha value is -1.39. The normalized spacial score (nSPS) is 14.1. The minimum atomic E-state index is 1.07. The summed E-state index contributed by atoms with van der Waals surface area (Å²) in [5, 5.41) is 4.61. The number of fused-ring (bicyclic) bond motifs is 2. The second-order valence-corrected chi connectivity index (χ2v) is 6.94. The number of nitrogens with one attached hydrogen (secondary N) is 1. The Morgan fingerprint density at radius 2 is 2.15 bits per heavy atom. The molecule has 2 heterocycles. The van der Waals surface area contributed by atoms with Crippen molar-refractivity contribution in [1.29, 1.82) is 0 Å². The van der Waals surface area contributed by atoms with Crippen LogP contribution in [0.15, 0.2) is 40.9 Å². The van der Waals surface area contributed by atoms with Crippen LogP contribution in [0.3, 0.4) is 0 Å². The molecule has 1 N–H and O–H groups in total. The van der Waals surface area contributed by atoms with Crippen LogP contribution >= 0.6 is 27.3 Å². The van der Waals surface area contributed by atoms with Gasteiger partial charge in [-0.15, -0.1) is 11.3 Å². The van der Waals surface area contributed by atoms with E-state index in [4.69, 9.17) is 4.98 Å². The van der Waals surface area contributed by atoms with E-state index in [1.165, 1.54) is 27.9 Å².